The molecule has 0 aromatic rings. The van der Waals surface area contributed by atoms with Gasteiger partial charge in [-0.1, -0.05) is 27.7 Å². The molecule has 0 amide bonds. The van der Waals surface area contributed by atoms with Gasteiger partial charge in [-0.05, 0) is 43.4 Å². The lowest BCUT2D eigenvalue weighted by Crippen LogP contribution is -2.70. The number of fused-ring (bicyclic) bond motifs is 2. The molecule has 3 fully saturated rings. The number of cyclic esters (lactones) is 1. The van der Waals surface area contributed by atoms with Gasteiger partial charge in [-0.25, -0.2) is 4.79 Å². The van der Waals surface area contributed by atoms with Crippen LogP contribution in [-0.2, 0) is 33.3 Å². The van der Waals surface area contributed by atoms with Crippen molar-refractivity contribution in [2.24, 2.45) is 28.6 Å². The van der Waals surface area contributed by atoms with Gasteiger partial charge in [-0.2, -0.15) is 0 Å². The van der Waals surface area contributed by atoms with E-state index < -0.39 is 52.6 Å². The van der Waals surface area contributed by atoms with E-state index in [1.165, 1.54) is 13.0 Å². The van der Waals surface area contributed by atoms with Crippen LogP contribution >= 0.6 is 0 Å². The molecule has 2 aliphatic carbocycles. The summed E-state index contributed by atoms with van der Waals surface area (Å²) < 4.78 is 23.1. The van der Waals surface area contributed by atoms with Crippen LogP contribution in [0.3, 0.4) is 0 Å². The molecule has 1 spiro atoms. The van der Waals surface area contributed by atoms with Crippen molar-refractivity contribution in [1.82, 2.24) is 0 Å². The third kappa shape index (κ3) is 4.27. The number of carbonyl (C=O) groups is 3. The molecule has 1 unspecified atom stereocenters. The molecule has 4 aliphatic rings. The lowest BCUT2D eigenvalue weighted by atomic mass is 9.42. The standard InChI is InChI=1S/C27H40O9/c1-6-15(2)24(32)36-20-7-8-26(14-34-26)27(13-28)21(35-17(4)29)9-16(3)25(5,23(20)27)11-19(30)18-10-22(31)33-12-18/h10,15-16,19-21,23,28,30H,6-9,11-14H2,1-5H3/t15-,16+,19-,20+,21-,23+,25-,26?,27+/m0/s1. The van der Waals surface area contributed by atoms with Gasteiger partial charge in [0.2, 0.25) is 0 Å². The number of hydrogen-bond acceptors (Lipinski definition) is 9. The highest BCUT2D eigenvalue weighted by molar-refractivity contribution is 5.85. The Morgan fingerprint density at radius 1 is 1.31 bits per heavy atom. The zero-order valence-electron chi connectivity index (χ0n) is 22.0. The normalized spacial score (nSPS) is 41.1. The van der Waals surface area contributed by atoms with Gasteiger partial charge < -0.3 is 29.2 Å². The number of ether oxygens (including phenoxy) is 4. The highest BCUT2D eigenvalue weighted by Gasteiger charge is 2.77. The molecule has 202 valence electrons. The van der Waals surface area contributed by atoms with Crippen LogP contribution in [0.25, 0.3) is 0 Å². The zero-order chi connectivity index (χ0) is 26.5. The van der Waals surface area contributed by atoms with Crippen LogP contribution in [0, 0.1) is 28.6 Å². The number of epoxide rings is 1. The number of hydrogen-bond donors (Lipinski definition) is 2. The van der Waals surface area contributed by atoms with E-state index in [0.717, 1.165) is 0 Å². The monoisotopic (exact) mass is 508 g/mol. The summed E-state index contributed by atoms with van der Waals surface area (Å²) in [4.78, 5) is 36.8. The topological polar surface area (TPSA) is 132 Å². The van der Waals surface area contributed by atoms with Crippen molar-refractivity contribution in [2.45, 2.75) is 90.6 Å². The predicted molar refractivity (Wildman–Crippen MR) is 127 cm³/mol. The summed E-state index contributed by atoms with van der Waals surface area (Å²) in [6.07, 6.45) is 1.68. The Morgan fingerprint density at radius 3 is 2.53 bits per heavy atom. The van der Waals surface area contributed by atoms with Gasteiger partial charge in [0.1, 0.15) is 24.4 Å². The first-order valence-corrected chi connectivity index (χ1v) is 13.1. The number of carbonyl (C=O) groups excluding carboxylic acids is 3. The predicted octanol–water partition coefficient (Wildman–Crippen LogP) is 2.31. The second-order valence-corrected chi connectivity index (χ2v) is 11.6. The highest BCUT2D eigenvalue weighted by Crippen LogP contribution is 2.69. The van der Waals surface area contributed by atoms with E-state index in [1.807, 2.05) is 27.7 Å². The van der Waals surface area contributed by atoms with Gasteiger partial charge >= 0.3 is 17.9 Å². The van der Waals surface area contributed by atoms with Crippen LogP contribution in [0.5, 0.6) is 0 Å². The van der Waals surface area contributed by atoms with Gasteiger partial charge in [0.25, 0.3) is 0 Å². The molecule has 9 heteroatoms. The Bertz CT molecular complexity index is 924. The number of esters is 3. The second kappa shape index (κ2) is 9.72. The van der Waals surface area contributed by atoms with Crippen molar-refractivity contribution in [2.75, 3.05) is 19.8 Å². The summed E-state index contributed by atoms with van der Waals surface area (Å²) in [5.74, 6) is -2.03. The maximum atomic E-state index is 13.0. The zero-order valence-corrected chi connectivity index (χ0v) is 22.0. The first-order chi connectivity index (χ1) is 16.9. The van der Waals surface area contributed by atoms with Crippen molar-refractivity contribution >= 4 is 17.9 Å². The molecule has 4 rings (SSSR count). The third-order valence-corrected chi connectivity index (χ3v) is 9.68. The summed E-state index contributed by atoms with van der Waals surface area (Å²) in [5.41, 5.74) is -1.84. The summed E-state index contributed by atoms with van der Waals surface area (Å²) in [6.45, 7) is 9.35. The van der Waals surface area contributed by atoms with E-state index in [9.17, 15) is 24.6 Å². The first-order valence-electron chi connectivity index (χ1n) is 13.1. The number of rotatable bonds is 8. The van der Waals surface area contributed by atoms with E-state index in [4.69, 9.17) is 18.9 Å². The fourth-order valence-electron chi connectivity index (χ4n) is 7.22. The molecule has 2 N–H and O–H groups in total. The summed E-state index contributed by atoms with van der Waals surface area (Å²) >= 11 is 0. The minimum atomic E-state index is -1.01. The van der Waals surface area contributed by atoms with Gasteiger partial charge in [0.15, 0.2) is 0 Å². The smallest absolute Gasteiger partial charge is 0.331 e. The Morgan fingerprint density at radius 2 is 2.00 bits per heavy atom. The molecule has 0 aromatic carbocycles. The fourth-order valence-corrected chi connectivity index (χ4v) is 7.22. The Balaban J connectivity index is 1.80. The third-order valence-electron chi connectivity index (χ3n) is 9.68. The van der Waals surface area contributed by atoms with Gasteiger partial charge in [-0.15, -0.1) is 0 Å². The van der Waals surface area contributed by atoms with Crippen LogP contribution in [0.4, 0.5) is 0 Å². The minimum absolute atomic E-state index is 0.0375. The maximum Gasteiger partial charge on any atom is 0.331 e. The van der Waals surface area contributed by atoms with Crippen molar-refractivity contribution in [1.29, 1.82) is 0 Å². The van der Waals surface area contributed by atoms with E-state index >= 15 is 0 Å². The summed E-state index contributed by atoms with van der Waals surface area (Å²) in [7, 11) is 0. The molecule has 2 heterocycles. The largest absolute Gasteiger partial charge is 0.462 e. The maximum absolute atomic E-state index is 13.0. The molecule has 0 bridgehead atoms. The molecular weight excluding hydrogens is 468 g/mol. The van der Waals surface area contributed by atoms with Crippen molar-refractivity contribution in [3.63, 3.8) is 0 Å². The van der Waals surface area contributed by atoms with Crippen molar-refractivity contribution < 1.29 is 43.5 Å². The van der Waals surface area contributed by atoms with Crippen LogP contribution in [0.1, 0.15) is 66.7 Å². The van der Waals surface area contributed by atoms with Gasteiger partial charge in [0, 0.05) is 24.5 Å². The van der Waals surface area contributed by atoms with Crippen molar-refractivity contribution in [3.05, 3.63) is 11.6 Å². The molecule has 36 heavy (non-hydrogen) atoms. The minimum Gasteiger partial charge on any atom is -0.462 e. The quantitative estimate of drug-likeness (QED) is 0.288. The fraction of sp³-hybridized carbons (Fsp3) is 0.815. The number of aliphatic hydroxyl groups is 2. The number of aliphatic hydroxyl groups excluding tert-OH is 2. The van der Waals surface area contributed by atoms with E-state index in [-0.39, 0.29) is 37.4 Å². The molecule has 9 atom stereocenters. The van der Waals surface area contributed by atoms with Crippen LogP contribution in [0.2, 0.25) is 0 Å². The molecule has 2 aliphatic heterocycles. The lowest BCUT2D eigenvalue weighted by Gasteiger charge is -2.64. The Kier molecular flexibility index (Phi) is 7.31. The molecular formula is C27H40O9. The van der Waals surface area contributed by atoms with E-state index in [1.54, 1.807) is 0 Å². The SMILES string of the molecule is CC[C@H](C)C(=O)O[C@@H]1CCC2(CO2)[C@]2(CO)[C@@H](OC(C)=O)C[C@@H](C)[C@](C)(C[C@H](O)C3=CC(=O)OC3)[C@@H]12. The summed E-state index contributed by atoms with van der Waals surface area (Å²) in [6, 6.07) is 0. The molecule has 9 nitrogen and oxygen atoms in total. The van der Waals surface area contributed by atoms with E-state index in [2.05, 4.69) is 0 Å². The van der Waals surface area contributed by atoms with Gasteiger partial charge in [0.05, 0.1) is 30.7 Å². The lowest BCUT2D eigenvalue weighted by molar-refractivity contribution is -0.257. The summed E-state index contributed by atoms with van der Waals surface area (Å²) in [5, 5.41) is 22.3. The average molecular weight is 509 g/mol. The molecule has 0 aromatic heterocycles. The van der Waals surface area contributed by atoms with Crippen LogP contribution < -0.4 is 0 Å². The highest BCUT2D eigenvalue weighted by atomic mass is 16.6. The Labute approximate surface area is 212 Å². The van der Waals surface area contributed by atoms with Crippen LogP contribution in [0.15, 0.2) is 11.6 Å². The second-order valence-electron chi connectivity index (χ2n) is 11.6. The molecule has 2 saturated carbocycles. The van der Waals surface area contributed by atoms with Gasteiger partial charge in [-0.3, -0.25) is 9.59 Å². The average Bonchev–Trinajstić information content (AvgIpc) is 3.48. The molecule has 0 radical (unpaired) electrons. The first kappa shape index (κ1) is 27.1. The van der Waals surface area contributed by atoms with E-state index in [0.29, 0.717) is 37.9 Å². The molecule has 1 saturated heterocycles. The Hall–Kier alpha value is -1.97. The van der Waals surface area contributed by atoms with Crippen LogP contribution in [-0.4, -0.2) is 71.9 Å². The van der Waals surface area contributed by atoms with Crippen molar-refractivity contribution in [3.8, 4) is 0 Å².